The fourth-order valence-electron chi connectivity index (χ4n) is 3.02. The average Bonchev–Trinajstić information content (AvgIpc) is 3.21. The Hall–Kier alpha value is -1.85. The third-order valence-corrected chi connectivity index (χ3v) is 4.35. The molecule has 1 saturated heterocycles. The van der Waals surface area contributed by atoms with Gasteiger partial charge in [0.2, 0.25) is 0 Å². The number of hydrogen-bond acceptors (Lipinski definition) is 4. The number of nitrogens with zero attached hydrogens (tertiary/aromatic N) is 3. The lowest BCUT2D eigenvalue weighted by molar-refractivity contribution is 0.0671. The predicted octanol–water partition coefficient (Wildman–Crippen LogP) is 2.61. The molecule has 3 rings (SSSR count). The molecular weight excluding hydrogens is 290 g/mol. The van der Waals surface area contributed by atoms with Crippen molar-refractivity contribution >= 4 is 0 Å². The van der Waals surface area contributed by atoms with Crippen LogP contribution in [0.4, 0.5) is 0 Å². The Balaban J connectivity index is 1.69. The average molecular weight is 315 g/mol. The molecule has 0 aliphatic carbocycles. The van der Waals surface area contributed by atoms with Gasteiger partial charge in [-0.1, -0.05) is 12.1 Å². The molecule has 124 valence electrons. The number of imidazole rings is 1. The summed E-state index contributed by atoms with van der Waals surface area (Å²) in [5, 5.41) is 0. The van der Waals surface area contributed by atoms with Gasteiger partial charge in [-0.15, -0.1) is 0 Å². The van der Waals surface area contributed by atoms with Crippen molar-refractivity contribution in [3.8, 4) is 5.75 Å². The Labute approximate surface area is 137 Å². The van der Waals surface area contributed by atoms with Gasteiger partial charge in [0.15, 0.2) is 0 Å². The van der Waals surface area contributed by atoms with Crippen molar-refractivity contribution in [1.29, 1.82) is 0 Å². The predicted molar refractivity (Wildman–Crippen MR) is 89.3 cm³/mol. The number of hydrogen-bond donors (Lipinski definition) is 0. The van der Waals surface area contributed by atoms with E-state index in [2.05, 4.69) is 26.6 Å². The summed E-state index contributed by atoms with van der Waals surface area (Å²) in [6.07, 6.45) is 6.47. The molecule has 5 nitrogen and oxygen atoms in total. The van der Waals surface area contributed by atoms with Crippen LogP contribution in [0.1, 0.15) is 24.1 Å². The third-order valence-electron chi connectivity index (χ3n) is 4.35. The molecule has 0 N–H and O–H groups in total. The number of rotatable bonds is 7. The lowest BCUT2D eigenvalue weighted by Crippen LogP contribution is -2.32. The van der Waals surface area contributed by atoms with E-state index in [1.807, 2.05) is 31.7 Å². The highest BCUT2D eigenvalue weighted by molar-refractivity contribution is 5.27. The van der Waals surface area contributed by atoms with E-state index in [0.717, 1.165) is 38.4 Å². The minimum atomic E-state index is 0.349. The van der Waals surface area contributed by atoms with Crippen LogP contribution in [0.2, 0.25) is 0 Å². The Morgan fingerprint density at radius 3 is 2.74 bits per heavy atom. The number of aryl methyl sites for hydroxylation is 1. The van der Waals surface area contributed by atoms with Gasteiger partial charge < -0.3 is 14.0 Å². The highest BCUT2D eigenvalue weighted by atomic mass is 16.5. The first-order valence-corrected chi connectivity index (χ1v) is 8.16. The van der Waals surface area contributed by atoms with Crippen molar-refractivity contribution in [3.05, 3.63) is 48.0 Å². The number of aromatic nitrogens is 2. The normalized spacial score (nSPS) is 17.8. The molecule has 0 spiro atoms. The second-order valence-electron chi connectivity index (χ2n) is 6.15. The van der Waals surface area contributed by atoms with Gasteiger partial charge in [-0.05, 0) is 30.5 Å². The van der Waals surface area contributed by atoms with Crippen LogP contribution >= 0.6 is 0 Å². The van der Waals surface area contributed by atoms with Crippen LogP contribution in [0.3, 0.4) is 0 Å². The zero-order valence-corrected chi connectivity index (χ0v) is 13.9. The molecule has 0 unspecified atom stereocenters. The summed E-state index contributed by atoms with van der Waals surface area (Å²) in [4.78, 5) is 6.66. The molecule has 0 amide bonds. The maximum Gasteiger partial charge on any atom is 0.118 e. The molecule has 1 aromatic carbocycles. The molecular formula is C18H25N3O2. The molecule has 2 aromatic rings. The Morgan fingerprint density at radius 2 is 2.13 bits per heavy atom. The summed E-state index contributed by atoms with van der Waals surface area (Å²) in [5.74, 6) is 0.895. The monoisotopic (exact) mass is 315 g/mol. The molecule has 1 fully saturated rings. The third kappa shape index (κ3) is 4.33. The molecule has 0 saturated carbocycles. The Bertz CT molecular complexity index is 603. The zero-order valence-electron chi connectivity index (χ0n) is 13.9. The highest BCUT2D eigenvalue weighted by Crippen LogP contribution is 2.18. The van der Waals surface area contributed by atoms with Crippen LogP contribution in [0, 0.1) is 0 Å². The Kier molecular flexibility index (Phi) is 5.31. The van der Waals surface area contributed by atoms with E-state index in [-0.39, 0.29) is 0 Å². The minimum absolute atomic E-state index is 0.349. The lowest BCUT2D eigenvalue weighted by atomic mass is 10.1. The molecule has 0 radical (unpaired) electrons. The van der Waals surface area contributed by atoms with Gasteiger partial charge in [-0.25, -0.2) is 4.98 Å². The summed E-state index contributed by atoms with van der Waals surface area (Å²) in [6.45, 7) is 3.63. The van der Waals surface area contributed by atoms with Gasteiger partial charge >= 0.3 is 0 Å². The number of methoxy groups -OCH3 is 1. The van der Waals surface area contributed by atoms with E-state index in [9.17, 15) is 0 Å². The Morgan fingerprint density at radius 1 is 1.30 bits per heavy atom. The molecule has 1 atom stereocenters. The summed E-state index contributed by atoms with van der Waals surface area (Å²) < 4.78 is 13.1. The van der Waals surface area contributed by atoms with E-state index in [1.54, 1.807) is 7.11 Å². The molecule has 1 aliphatic heterocycles. The largest absolute Gasteiger partial charge is 0.497 e. The summed E-state index contributed by atoms with van der Waals surface area (Å²) in [7, 11) is 3.74. The molecule has 5 heteroatoms. The van der Waals surface area contributed by atoms with Gasteiger partial charge in [0, 0.05) is 39.5 Å². The van der Waals surface area contributed by atoms with E-state index in [0.29, 0.717) is 6.10 Å². The van der Waals surface area contributed by atoms with Gasteiger partial charge in [-0.3, -0.25) is 4.90 Å². The summed E-state index contributed by atoms with van der Waals surface area (Å²) >= 11 is 0. The first-order valence-electron chi connectivity index (χ1n) is 8.16. The second kappa shape index (κ2) is 7.62. The van der Waals surface area contributed by atoms with Crippen molar-refractivity contribution < 1.29 is 9.47 Å². The molecule has 1 aromatic heterocycles. The fourth-order valence-corrected chi connectivity index (χ4v) is 3.02. The molecule has 1 aliphatic rings. The van der Waals surface area contributed by atoms with Crippen molar-refractivity contribution in [2.24, 2.45) is 7.05 Å². The topological polar surface area (TPSA) is 39.5 Å². The van der Waals surface area contributed by atoms with Gasteiger partial charge in [0.1, 0.15) is 5.75 Å². The van der Waals surface area contributed by atoms with Crippen LogP contribution in [-0.4, -0.2) is 40.8 Å². The van der Waals surface area contributed by atoms with Crippen LogP contribution in [0.5, 0.6) is 5.75 Å². The lowest BCUT2D eigenvalue weighted by Gasteiger charge is -2.25. The maximum absolute atomic E-state index is 5.82. The van der Waals surface area contributed by atoms with Crippen molar-refractivity contribution in [1.82, 2.24) is 14.5 Å². The van der Waals surface area contributed by atoms with Crippen LogP contribution < -0.4 is 4.74 Å². The first-order chi connectivity index (χ1) is 11.2. The molecule has 23 heavy (non-hydrogen) atoms. The second-order valence-corrected chi connectivity index (χ2v) is 6.15. The fraction of sp³-hybridized carbons (Fsp3) is 0.500. The molecule has 0 bridgehead atoms. The summed E-state index contributed by atoms with van der Waals surface area (Å²) in [5.41, 5.74) is 2.50. The van der Waals surface area contributed by atoms with Crippen LogP contribution in [-0.2, 0) is 24.9 Å². The minimum Gasteiger partial charge on any atom is -0.497 e. The van der Waals surface area contributed by atoms with Crippen molar-refractivity contribution in [3.63, 3.8) is 0 Å². The van der Waals surface area contributed by atoms with E-state index < -0.39 is 0 Å². The standard InChI is InChI=1S/C18H25N3O2/c1-20-14-19-10-16(20)12-21(13-18-4-3-9-23-18)11-15-5-7-17(22-2)8-6-15/h5-8,10,14,18H,3-4,9,11-13H2,1-2H3/t18-/m1/s1. The molecule has 2 heterocycles. The van der Waals surface area contributed by atoms with Crippen molar-refractivity contribution in [2.45, 2.75) is 32.0 Å². The number of ether oxygens (including phenoxy) is 2. The summed E-state index contributed by atoms with van der Waals surface area (Å²) in [6, 6.07) is 8.29. The SMILES string of the molecule is COc1ccc(CN(Cc2cncn2C)C[C@H]2CCCO2)cc1. The van der Waals surface area contributed by atoms with Crippen molar-refractivity contribution in [2.75, 3.05) is 20.3 Å². The van der Waals surface area contributed by atoms with Gasteiger partial charge in [0.05, 0.1) is 25.2 Å². The van der Waals surface area contributed by atoms with Crippen LogP contribution in [0.25, 0.3) is 0 Å². The van der Waals surface area contributed by atoms with E-state index in [1.165, 1.54) is 17.7 Å². The highest BCUT2D eigenvalue weighted by Gasteiger charge is 2.20. The smallest absolute Gasteiger partial charge is 0.118 e. The first kappa shape index (κ1) is 16.0. The quantitative estimate of drug-likeness (QED) is 0.787. The van der Waals surface area contributed by atoms with Gasteiger partial charge in [0.25, 0.3) is 0 Å². The zero-order chi connectivity index (χ0) is 16.1. The van der Waals surface area contributed by atoms with E-state index >= 15 is 0 Å². The number of benzene rings is 1. The maximum atomic E-state index is 5.82. The van der Waals surface area contributed by atoms with Crippen LogP contribution in [0.15, 0.2) is 36.8 Å². The van der Waals surface area contributed by atoms with Gasteiger partial charge in [-0.2, -0.15) is 0 Å². The van der Waals surface area contributed by atoms with E-state index in [4.69, 9.17) is 9.47 Å².